The molecule has 0 amide bonds. The summed E-state index contributed by atoms with van der Waals surface area (Å²) in [6.45, 7) is 0.0642. The summed E-state index contributed by atoms with van der Waals surface area (Å²) in [4.78, 5) is 0. The molecule has 4 heteroatoms. The Bertz CT molecular complexity index is 524. The molecule has 0 fully saturated rings. The van der Waals surface area contributed by atoms with Gasteiger partial charge in [-0.1, -0.05) is 12.1 Å². The van der Waals surface area contributed by atoms with Gasteiger partial charge in [-0.25, -0.2) is 8.78 Å². The van der Waals surface area contributed by atoms with Gasteiger partial charge in [-0.15, -0.1) is 0 Å². The zero-order valence-electron chi connectivity index (χ0n) is 9.82. The largest absolute Gasteiger partial charge is 0.494 e. The van der Waals surface area contributed by atoms with E-state index in [1.54, 1.807) is 12.1 Å². The van der Waals surface area contributed by atoms with Crippen LogP contribution in [0.2, 0.25) is 0 Å². The first-order valence-corrected chi connectivity index (χ1v) is 5.40. The van der Waals surface area contributed by atoms with Crippen molar-refractivity contribution in [3.63, 3.8) is 0 Å². The van der Waals surface area contributed by atoms with Crippen molar-refractivity contribution in [2.75, 3.05) is 7.11 Å². The van der Waals surface area contributed by atoms with E-state index in [0.717, 1.165) is 0 Å². The lowest BCUT2D eigenvalue weighted by atomic mass is 10.2. The molecule has 0 heterocycles. The van der Waals surface area contributed by atoms with Crippen LogP contribution in [0.4, 0.5) is 8.78 Å². The van der Waals surface area contributed by atoms with Crippen molar-refractivity contribution >= 4 is 0 Å². The van der Waals surface area contributed by atoms with Gasteiger partial charge in [-0.05, 0) is 30.3 Å². The van der Waals surface area contributed by atoms with Gasteiger partial charge in [0.1, 0.15) is 18.2 Å². The minimum Gasteiger partial charge on any atom is -0.494 e. The second-order valence-corrected chi connectivity index (χ2v) is 3.68. The Morgan fingerprint density at radius 3 is 2.39 bits per heavy atom. The van der Waals surface area contributed by atoms with Gasteiger partial charge in [0, 0.05) is 5.56 Å². The van der Waals surface area contributed by atoms with Gasteiger partial charge in [-0.3, -0.25) is 0 Å². The number of methoxy groups -OCH3 is 1. The van der Waals surface area contributed by atoms with Crippen LogP contribution < -0.4 is 9.47 Å². The summed E-state index contributed by atoms with van der Waals surface area (Å²) in [6.07, 6.45) is 0. The van der Waals surface area contributed by atoms with Crippen molar-refractivity contribution < 1.29 is 18.3 Å². The van der Waals surface area contributed by atoms with Crippen LogP contribution in [0.3, 0.4) is 0 Å². The number of ether oxygens (including phenoxy) is 2. The summed E-state index contributed by atoms with van der Waals surface area (Å²) in [5, 5.41) is 0. The second-order valence-electron chi connectivity index (χ2n) is 3.68. The van der Waals surface area contributed by atoms with Crippen molar-refractivity contribution in [2.24, 2.45) is 0 Å². The summed E-state index contributed by atoms with van der Waals surface area (Å²) in [5.41, 5.74) is 0.388. The molecular weight excluding hydrogens is 238 g/mol. The zero-order chi connectivity index (χ0) is 13.0. The van der Waals surface area contributed by atoms with E-state index < -0.39 is 5.82 Å². The minimum absolute atomic E-state index is 0.0642. The van der Waals surface area contributed by atoms with Crippen molar-refractivity contribution in [3.05, 3.63) is 59.7 Å². The smallest absolute Gasteiger partial charge is 0.171 e. The first-order valence-electron chi connectivity index (χ1n) is 5.40. The molecule has 0 N–H and O–H groups in total. The summed E-state index contributed by atoms with van der Waals surface area (Å²) in [5.74, 6) is -0.120. The fraction of sp³-hybridized carbons (Fsp3) is 0.143. The Labute approximate surface area is 104 Å². The molecule has 0 bridgehead atoms. The lowest BCUT2D eigenvalue weighted by Crippen LogP contribution is -2.00. The van der Waals surface area contributed by atoms with Gasteiger partial charge in [-0.2, -0.15) is 0 Å². The fourth-order valence-electron chi connectivity index (χ4n) is 1.52. The normalized spacial score (nSPS) is 10.2. The van der Waals surface area contributed by atoms with Crippen molar-refractivity contribution in [1.29, 1.82) is 0 Å². The van der Waals surface area contributed by atoms with E-state index in [4.69, 9.17) is 9.47 Å². The molecule has 0 spiro atoms. The molecule has 0 radical (unpaired) electrons. The Hall–Kier alpha value is -2.10. The van der Waals surface area contributed by atoms with Crippen LogP contribution in [-0.2, 0) is 6.61 Å². The molecule has 0 aliphatic heterocycles. The van der Waals surface area contributed by atoms with Crippen LogP contribution >= 0.6 is 0 Å². The van der Waals surface area contributed by atoms with Gasteiger partial charge in [0.15, 0.2) is 11.6 Å². The standard InChI is InChI=1S/C14H12F2O2/c1-17-13-4-2-3-10(14(13)16)9-18-12-7-5-11(15)6-8-12/h2-8H,9H2,1H3. The quantitative estimate of drug-likeness (QED) is 0.826. The molecule has 2 rings (SSSR count). The van der Waals surface area contributed by atoms with Crippen LogP contribution in [0, 0.1) is 11.6 Å². The Kier molecular flexibility index (Phi) is 3.77. The predicted octanol–water partition coefficient (Wildman–Crippen LogP) is 3.55. The zero-order valence-corrected chi connectivity index (χ0v) is 9.82. The number of halogens is 2. The fourth-order valence-corrected chi connectivity index (χ4v) is 1.52. The van der Waals surface area contributed by atoms with E-state index in [9.17, 15) is 8.78 Å². The first kappa shape index (κ1) is 12.4. The van der Waals surface area contributed by atoms with Crippen molar-refractivity contribution in [3.8, 4) is 11.5 Å². The first-order chi connectivity index (χ1) is 8.70. The molecule has 0 aromatic heterocycles. The van der Waals surface area contributed by atoms with E-state index in [1.807, 2.05) is 0 Å². The molecule has 18 heavy (non-hydrogen) atoms. The average molecular weight is 250 g/mol. The SMILES string of the molecule is COc1cccc(COc2ccc(F)cc2)c1F. The van der Waals surface area contributed by atoms with E-state index in [0.29, 0.717) is 11.3 Å². The van der Waals surface area contributed by atoms with Gasteiger partial charge in [0.05, 0.1) is 7.11 Å². The molecule has 0 aliphatic carbocycles. The van der Waals surface area contributed by atoms with Gasteiger partial charge in [0.2, 0.25) is 0 Å². The molecular formula is C14H12F2O2. The molecule has 2 aromatic carbocycles. The van der Waals surface area contributed by atoms with Crippen LogP contribution in [0.15, 0.2) is 42.5 Å². The van der Waals surface area contributed by atoms with Crippen molar-refractivity contribution in [2.45, 2.75) is 6.61 Å². The molecule has 0 unspecified atom stereocenters. The Balaban J connectivity index is 2.08. The third-order valence-corrected chi connectivity index (χ3v) is 2.47. The van der Waals surface area contributed by atoms with Gasteiger partial charge in [0.25, 0.3) is 0 Å². The molecule has 94 valence electrons. The van der Waals surface area contributed by atoms with Crippen LogP contribution in [0.1, 0.15) is 5.56 Å². The number of benzene rings is 2. The van der Waals surface area contributed by atoms with Gasteiger partial charge >= 0.3 is 0 Å². The van der Waals surface area contributed by atoms with Crippen molar-refractivity contribution in [1.82, 2.24) is 0 Å². The maximum atomic E-state index is 13.8. The maximum Gasteiger partial charge on any atom is 0.171 e. The summed E-state index contributed by atoms with van der Waals surface area (Å²) in [7, 11) is 1.41. The average Bonchev–Trinajstić information content (AvgIpc) is 2.39. The second kappa shape index (κ2) is 5.49. The van der Waals surface area contributed by atoms with Crippen LogP contribution in [0.25, 0.3) is 0 Å². The number of hydrogen-bond donors (Lipinski definition) is 0. The highest BCUT2D eigenvalue weighted by Gasteiger charge is 2.08. The summed E-state index contributed by atoms with van der Waals surface area (Å²) < 4.78 is 36.7. The monoisotopic (exact) mass is 250 g/mol. The molecule has 0 saturated carbocycles. The highest BCUT2D eigenvalue weighted by molar-refractivity contribution is 5.31. The Morgan fingerprint density at radius 2 is 1.72 bits per heavy atom. The topological polar surface area (TPSA) is 18.5 Å². The van der Waals surface area contributed by atoms with Crippen LogP contribution in [-0.4, -0.2) is 7.11 Å². The minimum atomic E-state index is -0.442. The molecule has 0 aliphatic rings. The Morgan fingerprint density at radius 1 is 1.00 bits per heavy atom. The highest BCUT2D eigenvalue weighted by atomic mass is 19.1. The lowest BCUT2D eigenvalue weighted by molar-refractivity contribution is 0.295. The predicted molar refractivity (Wildman–Crippen MR) is 63.7 cm³/mol. The number of rotatable bonds is 4. The van der Waals surface area contributed by atoms with E-state index in [1.165, 1.54) is 37.4 Å². The molecule has 2 nitrogen and oxygen atoms in total. The maximum absolute atomic E-state index is 13.8. The molecule has 0 atom stereocenters. The van der Waals surface area contributed by atoms with Crippen LogP contribution in [0.5, 0.6) is 11.5 Å². The lowest BCUT2D eigenvalue weighted by Gasteiger charge is -2.09. The van der Waals surface area contributed by atoms with E-state index >= 15 is 0 Å². The molecule has 0 saturated heterocycles. The molecule has 2 aromatic rings. The third kappa shape index (κ3) is 2.77. The van der Waals surface area contributed by atoms with E-state index in [-0.39, 0.29) is 18.2 Å². The van der Waals surface area contributed by atoms with E-state index in [2.05, 4.69) is 0 Å². The number of hydrogen-bond acceptors (Lipinski definition) is 2. The summed E-state index contributed by atoms with van der Waals surface area (Å²) >= 11 is 0. The summed E-state index contributed by atoms with van der Waals surface area (Å²) in [6, 6.07) is 10.4. The third-order valence-electron chi connectivity index (χ3n) is 2.47. The highest BCUT2D eigenvalue weighted by Crippen LogP contribution is 2.21. The van der Waals surface area contributed by atoms with Gasteiger partial charge < -0.3 is 9.47 Å².